The lowest BCUT2D eigenvalue weighted by Crippen LogP contribution is -1.98. The molecule has 0 radical (unpaired) electrons. The van der Waals surface area contributed by atoms with Crippen LogP contribution in [0.1, 0.15) is 17.6 Å². The first-order valence-electron chi connectivity index (χ1n) is 3.66. The van der Waals surface area contributed by atoms with Gasteiger partial charge >= 0.3 is 0 Å². The molecule has 1 aromatic carbocycles. The summed E-state index contributed by atoms with van der Waals surface area (Å²) in [5.74, 6) is -1.24. The molecule has 0 spiro atoms. The number of rotatable bonds is 2. The number of alkyl halides is 2. The van der Waals surface area contributed by atoms with Crippen molar-refractivity contribution in [1.29, 1.82) is 0 Å². The smallest absolute Gasteiger partial charge is 0.258 e. The molecule has 0 bridgehead atoms. The SMILES string of the molecule is Cc1cc([N+](=O)[O-])cc(F)c1C(F)F. The predicted molar refractivity (Wildman–Crippen MR) is 42.7 cm³/mol. The summed E-state index contributed by atoms with van der Waals surface area (Å²) in [5.41, 5.74) is -1.42. The summed E-state index contributed by atoms with van der Waals surface area (Å²) in [4.78, 5) is 9.41. The van der Waals surface area contributed by atoms with Crippen molar-refractivity contribution >= 4 is 5.69 Å². The molecule has 0 aliphatic rings. The largest absolute Gasteiger partial charge is 0.272 e. The number of nitro benzene ring substituents is 1. The summed E-state index contributed by atoms with van der Waals surface area (Å²) in [6, 6.07) is 1.42. The molecule has 0 aromatic heterocycles. The van der Waals surface area contributed by atoms with Crippen LogP contribution in [-0.4, -0.2) is 4.92 Å². The molecule has 76 valence electrons. The molecule has 0 aliphatic carbocycles. The quantitative estimate of drug-likeness (QED) is 0.550. The number of halogens is 3. The van der Waals surface area contributed by atoms with Crippen molar-refractivity contribution in [2.24, 2.45) is 0 Å². The van der Waals surface area contributed by atoms with Crippen LogP contribution in [0.3, 0.4) is 0 Å². The van der Waals surface area contributed by atoms with Crippen molar-refractivity contribution in [3.8, 4) is 0 Å². The van der Waals surface area contributed by atoms with Crippen molar-refractivity contribution in [1.82, 2.24) is 0 Å². The van der Waals surface area contributed by atoms with Gasteiger partial charge in [0.05, 0.1) is 16.6 Å². The Morgan fingerprint density at radius 3 is 2.36 bits per heavy atom. The van der Waals surface area contributed by atoms with E-state index in [0.29, 0.717) is 6.07 Å². The van der Waals surface area contributed by atoms with Crippen molar-refractivity contribution in [2.45, 2.75) is 13.3 Å². The number of hydrogen-bond donors (Lipinski definition) is 0. The number of benzene rings is 1. The Hall–Kier alpha value is -1.59. The monoisotopic (exact) mass is 205 g/mol. The Labute approximate surface area is 77.3 Å². The van der Waals surface area contributed by atoms with E-state index >= 15 is 0 Å². The Morgan fingerprint density at radius 2 is 2.00 bits per heavy atom. The summed E-state index contributed by atoms with van der Waals surface area (Å²) in [6.45, 7) is 1.21. The Bertz CT molecular complexity index is 356. The van der Waals surface area contributed by atoms with Gasteiger partial charge in [0.25, 0.3) is 12.1 Å². The summed E-state index contributed by atoms with van der Waals surface area (Å²) in [5, 5.41) is 10.2. The van der Waals surface area contributed by atoms with Gasteiger partial charge < -0.3 is 0 Å². The van der Waals surface area contributed by atoms with Crippen LogP contribution in [0, 0.1) is 22.9 Å². The van der Waals surface area contributed by atoms with Gasteiger partial charge in [0.1, 0.15) is 5.82 Å². The highest BCUT2D eigenvalue weighted by atomic mass is 19.3. The molecular formula is C8H6F3NO2. The molecule has 6 heteroatoms. The number of non-ortho nitro benzene ring substituents is 1. The van der Waals surface area contributed by atoms with Gasteiger partial charge in [-0.1, -0.05) is 0 Å². The van der Waals surface area contributed by atoms with Crippen molar-refractivity contribution in [3.63, 3.8) is 0 Å². The third kappa shape index (κ3) is 1.84. The number of hydrogen-bond acceptors (Lipinski definition) is 2. The lowest BCUT2D eigenvalue weighted by atomic mass is 10.1. The predicted octanol–water partition coefficient (Wildman–Crippen LogP) is 2.98. The van der Waals surface area contributed by atoms with Crippen molar-refractivity contribution in [2.75, 3.05) is 0 Å². The standard InChI is InChI=1S/C8H6F3NO2/c1-4-2-5(12(13)14)3-6(9)7(4)8(10)11/h2-3,8H,1H3. The van der Waals surface area contributed by atoms with Gasteiger partial charge in [0.15, 0.2) is 0 Å². The summed E-state index contributed by atoms with van der Waals surface area (Å²) in [7, 11) is 0. The van der Waals surface area contributed by atoms with Crippen molar-refractivity contribution < 1.29 is 18.1 Å². The van der Waals surface area contributed by atoms with Crippen molar-refractivity contribution in [3.05, 3.63) is 39.2 Å². The van der Waals surface area contributed by atoms with E-state index < -0.39 is 28.4 Å². The van der Waals surface area contributed by atoms with Crippen LogP contribution in [0.2, 0.25) is 0 Å². The Kier molecular flexibility index (Phi) is 2.73. The number of aryl methyl sites for hydroxylation is 1. The molecule has 0 aliphatic heterocycles. The molecule has 1 aromatic rings. The van der Waals surface area contributed by atoms with E-state index in [1.165, 1.54) is 6.92 Å². The fourth-order valence-electron chi connectivity index (χ4n) is 1.12. The van der Waals surface area contributed by atoms with Crippen LogP contribution < -0.4 is 0 Å². The van der Waals surface area contributed by atoms with Gasteiger partial charge in [0.2, 0.25) is 0 Å². The molecule has 0 amide bonds. The van der Waals surface area contributed by atoms with Crippen LogP contribution in [0.25, 0.3) is 0 Å². The van der Waals surface area contributed by atoms with E-state index in [0.717, 1.165) is 6.07 Å². The van der Waals surface area contributed by atoms with E-state index in [1.807, 2.05) is 0 Å². The zero-order chi connectivity index (χ0) is 10.9. The molecule has 0 fully saturated rings. The third-order valence-electron chi connectivity index (χ3n) is 1.75. The van der Waals surface area contributed by atoms with Gasteiger partial charge in [-0.25, -0.2) is 13.2 Å². The summed E-state index contributed by atoms with van der Waals surface area (Å²) in [6.07, 6.45) is -2.96. The number of nitro groups is 1. The minimum absolute atomic E-state index is 0.119. The molecular weight excluding hydrogens is 199 g/mol. The fraction of sp³-hybridized carbons (Fsp3) is 0.250. The van der Waals surface area contributed by atoms with E-state index in [9.17, 15) is 23.3 Å². The van der Waals surface area contributed by atoms with Gasteiger partial charge in [-0.15, -0.1) is 0 Å². The highest BCUT2D eigenvalue weighted by Gasteiger charge is 2.20. The second-order valence-electron chi connectivity index (χ2n) is 2.72. The molecule has 0 saturated heterocycles. The third-order valence-corrected chi connectivity index (χ3v) is 1.75. The van der Waals surface area contributed by atoms with E-state index in [2.05, 4.69) is 0 Å². The van der Waals surface area contributed by atoms with Crippen LogP contribution in [0.4, 0.5) is 18.9 Å². The first-order chi connectivity index (χ1) is 6.43. The maximum Gasteiger partial charge on any atom is 0.272 e. The minimum Gasteiger partial charge on any atom is -0.258 e. The first-order valence-corrected chi connectivity index (χ1v) is 3.66. The Balaban J connectivity index is 3.32. The average Bonchev–Trinajstić information content (AvgIpc) is 2.01. The van der Waals surface area contributed by atoms with Gasteiger partial charge in [-0.3, -0.25) is 10.1 Å². The van der Waals surface area contributed by atoms with E-state index in [1.54, 1.807) is 0 Å². The van der Waals surface area contributed by atoms with Crippen LogP contribution in [0.5, 0.6) is 0 Å². The normalized spacial score (nSPS) is 10.6. The molecule has 0 saturated carbocycles. The Morgan fingerprint density at radius 1 is 1.43 bits per heavy atom. The molecule has 1 rings (SSSR count). The lowest BCUT2D eigenvalue weighted by molar-refractivity contribution is -0.385. The topological polar surface area (TPSA) is 43.1 Å². The molecule has 0 heterocycles. The highest BCUT2D eigenvalue weighted by molar-refractivity contribution is 5.40. The fourth-order valence-corrected chi connectivity index (χ4v) is 1.12. The molecule has 0 N–H and O–H groups in total. The summed E-state index contributed by atoms with van der Waals surface area (Å²) >= 11 is 0. The van der Waals surface area contributed by atoms with Gasteiger partial charge in [-0.05, 0) is 12.5 Å². The highest BCUT2D eigenvalue weighted by Crippen LogP contribution is 2.28. The van der Waals surface area contributed by atoms with Gasteiger partial charge in [0, 0.05) is 6.07 Å². The second-order valence-corrected chi connectivity index (χ2v) is 2.72. The molecule has 14 heavy (non-hydrogen) atoms. The van der Waals surface area contributed by atoms with Crippen LogP contribution in [0.15, 0.2) is 12.1 Å². The lowest BCUT2D eigenvalue weighted by Gasteiger charge is -2.05. The molecule has 0 unspecified atom stereocenters. The maximum absolute atomic E-state index is 12.9. The number of nitrogens with zero attached hydrogens (tertiary/aromatic N) is 1. The van der Waals surface area contributed by atoms with Crippen LogP contribution >= 0.6 is 0 Å². The second kappa shape index (κ2) is 3.65. The van der Waals surface area contributed by atoms with E-state index in [4.69, 9.17) is 0 Å². The zero-order valence-corrected chi connectivity index (χ0v) is 7.13. The summed E-state index contributed by atoms with van der Waals surface area (Å²) < 4.78 is 37.4. The molecule has 0 atom stereocenters. The first kappa shape index (κ1) is 10.5. The zero-order valence-electron chi connectivity index (χ0n) is 7.13. The van der Waals surface area contributed by atoms with Gasteiger partial charge in [-0.2, -0.15) is 0 Å². The van der Waals surface area contributed by atoms with Crippen LogP contribution in [-0.2, 0) is 0 Å². The average molecular weight is 205 g/mol. The van der Waals surface area contributed by atoms with E-state index in [-0.39, 0.29) is 5.56 Å². The maximum atomic E-state index is 12.9. The molecule has 3 nitrogen and oxygen atoms in total. The minimum atomic E-state index is -2.96.